The van der Waals surface area contributed by atoms with Gasteiger partial charge in [0.1, 0.15) is 12.1 Å². The molecule has 0 saturated heterocycles. The maximum atomic E-state index is 13.0. The molecule has 0 spiro atoms. The number of imide groups is 1. The number of amides is 2. The summed E-state index contributed by atoms with van der Waals surface area (Å²) in [5.74, 6) is -1.76. The van der Waals surface area contributed by atoms with Crippen molar-refractivity contribution in [3.63, 3.8) is 0 Å². The number of nitro groups is 1. The lowest BCUT2D eigenvalue weighted by Gasteiger charge is -2.27. The summed E-state index contributed by atoms with van der Waals surface area (Å²) >= 11 is 0. The van der Waals surface area contributed by atoms with Gasteiger partial charge in [0, 0.05) is 12.1 Å². The highest BCUT2D eigenvalue weighted by atomic mass is 16.6. The fourth-order valence-electron chi connectivity index (χ4n) is 3.46. The molecule has 0 saturated carbocycles. The normalized spacial score (nSPS) is 15.1. The Balaban J connectivity index is 1.85. The van der Waals surface area contributed by atoms with Crippen molar-refractivity contribution < 1.29 is 24.0 Å². The number of fused-ring (bicyclic) bond motifs is 1. The Hall–Kier alpha value is -3.55. The number of nitro benzene ring substituents is 1. The number of esters is 1. The van der Waals surface area contributed by atoms with E-state index in [0.717, 1.165) is 4.90 Å². The lowest BCUT2D eigenvalue weighted by Crippen LogP contribution is -2.46. The molecule has 0 bridgehead atoms. The van der Waals surface area contributed by atoms with Crippen LogP contribution in [0.1, 0.15) is 59.6 Å². The Morgan fingerprint density at radius 2 is 1.63 bits per heavy atom. The topological polar surface area (TPSA) is 107 Å². The zero-order valence-corrected chi connectivity index (χ0v) is 16.9. The molecular weight excluding hydrogens is 388 g/mol. The molecule has 1 aliphatic heterocycles. The predicted octanol–water partition coefficient (Wildman–Crippen LogP) is 3.91. The van der Waals surface area contributed by atoms with Crippen molar-refractivity contribution in [2.45, 2.75) is 39.3 Å². The van der Waals surface area contributed by atoms with Gasteiger partial charge < -0.3 is 4.74 Å². The van der Waals surface area contributed by atoms with E-state index in [4.69, 9.17) is 4.74 Å². The van der Waals surface area contributed by atoms with Crippen LogP contribution in [0.5, 0.6) is 0 Å². The van der Waals surface area contributed by atoms with E-state index in [9.17, 15) is 24.5 Å². The summed E-state index contributed by atoms with van der Waals surface area (Å²) in [7, 11) is 0. The molecule has 0 radical (unpaired) electrons. The smallest absolute Gasteiger partial charge is 0.329 e. The second-order valence-electron chi connectivity index (χ2n) is 7.60. The van der Waals surface area contributed by atoms with E-state index in [1.165, 1.54) is 18.2 Å². The third kappa shape index (κ3) is 4.07. The van der Waals surface area contributed by atoms with Crippen LogP contribution in [0.3, 0.4) is 0 Å². The van der Waals surface area contributed by atoms with Gasteiger partial charge in [-0.2, -0.15) is 0 Å². The van der Waals surface area contributed by atoms with E-state index >= 15 is 0 Å². The minimum Gasteiger partial charge on any atom is -0.456 e. The van der Waals surface area contributed by atoms with Gasteiger partial charge in [-0.1, -0.05) is 38.1 Å². The quantitative estimate of drug-likeness (QED) is 0.296. The number of carbonyl (C=O) groups is 3. The van der Waals surface area contributed by atoms with Gasteiger partial charge in [0.25, 0.3) is 17.5 Å². The number of non-ortho nitro benzene ring substituents is 1. The Bertz CT molecular complexity index is 981. The third-order valence-electron chi connectivity index (χ3n) is 4.95. The molecule has 0 aliphatic carbocycles. The van der Waals surface area contributed by atoms with E-state index in [1.807, 2.05) is 13.8 Å². The van der Waals surface area contributed by atoms with E-state index < -0.39 is 34.9 Å². The molecule has 2 aromatic carbocycles. The monoisotopic (exact) mass is 410 g/mol. The highest BCUT2D eigenvalue weighted by molar-refractivity contribution is 6.22. The van der Waals surface area contributed by atoms with Gasteiger partial charge in [0.2, 0.25) is 0 Å². The first-order chi connectivity index (χ1) is 14.2. The zero-order valence-electron chi connectivity index (χ0n) is 16.9. The fourth-order valence-corrected chi connectivity index (χ4v) is 3.46. The van der Waals surface area contributed by atoms with Crippen LogP contribution < -0.4 is 0 Å². The molecule has 30 heavy (non-hydrogen) atoms. The highest BCUT2D eigenvalue weighted by Gasteiger charge is 2.43. The second-order valence-corrected chi connectivity index (χ2v) is 7.60. The van der Waals surface area contributed by atoms with E-state index in [-0.39, 0.29) is 29.2 Å². The highest BCUT2D eigenvalue weighted by Crippen LogP contribution is 2.29. The molecule has 156 valence electrons. The van der Waals surface area contributed by atoms with Crippen LogP contribution >= 0.6 is 0 Å². The van der Waals surface area contributed by atoms with Crippen molar-refractivity contribution in [2.24, 2.45) is 5.92 Å². The van der Waals surface area contributed by atoms with Crippen LogP contribution in [0, 0.1) is 16.0 Å². The van der Waals surface area contributed by atoms with Crippen LogP contribution in [0.15, 0.2) is 48.5 Å². The van der Waals surface area contributed by atoms with Crippen LogP contribution in [0.25, 0.3) is 0 Å². The SMILES string of the molecule is CC(C)C[C@H](C(=O)O[C@H](C)c1cccc([N+](=O)[O-])c1)N1C(=O)c2ccccc2C1=O. The first kappa shape index (κ1) is 21.2. The molecule has 8 heteroatoms. The number of benzene rings is 2. The van der Waals surface area contributed by atoms with Crippen molar-refractivity contribution in [3.05, 3.63) is 75.3 Å². The third-order valence-corrected chi connectivity index (χ3v) is 4.95. The molecule has 2 amide bonds. The summed E-state index contributed by atoms with van der Waals surface area (Å²) in [6.45, 7) is 5.34. The predicted molar refractivity (Wildman–Crippen MR) is 108 cm³/mol. The molecule has 2 aromatic rings. The van der Waals surface area contributed by atoms with Gasteiger partial charge in [0.05, 0.1) is 16.1 Å². The van der Waals surface area contributed by atoms with E-state index in [2.05, 4.69) is 0 Å². The molecule has 0 N–H and O–H groups in total. The Morgan fingerprint density at radius 1 is 1.03 bits per heavy atom. The van der Waals surface area contributed by atoms with Crippen molar-refractivity contribution in [2.75, 3.05) is 0 Å². The first-order valence-electron chi connectivity index (χ1n) is 9.62. The number of hydrogen-bond donors (Lipinski definition) is 0. The number of carbonyl (C=O) groups excluding carboxylic acids is 3. The minimum absolute atomic E-state index is 0.0139. The van der Waals surface area contributed by atoms with Gasteiger partial charge in [-0.3, -0.25) is 24.6 Å². The maximum Gasteiger partial charge on any atom is 0.329 e. The molecule has 0 unspecified atom stereocenters. The molecule has 0 fully saturated rings. The lowest BCUT2D eigenvalue weighted by atomic mass is 10.0. The van der Waals surface area contributed by atoms with E-state index in [0.29, 0.717) is 5.56 Å². The minimum atomic E-state index is -1.08. The number of ether oxygens (including phenoxy) is 1. The standard InChI is InChI=1S/C22H22N2O6/c1-13(2)11-19(23-20(25)17-9-4-5-10-18(17)21(23)26)22(27)30-14(3)15-7-6-8-16(12-15)24(28)29/h4-10,12-14,19H,11H2,1-3H3/t14-,19-/m1/s1. The van der Waals surface area contributed by atoms with Gasteiger partial charge in [-0.25, -0.2) is 4.79 Å². The Kier molecular flexibility index (Phi) is 5.96. The van der Waals surface area contributed by atoms with Crippen LogP contribution in [-0.2, 0) is 9.53 Å². The summed E-state index contributed by atoms with van der Waals surface area (Å²) in [5.41, 5.74) is 0.851. The summed E-state index contributed by atoms with van der Waals surface area (Å²) in [6, 6.07) is 11.1. The molecule has 1 aliphatic rings. The molecule has 3 rings (SSSR count). The van der Waals surface area contributed by atoms with Gasteiger partial charge in [-0.15, -0.1) is 0 Å². The van der Waals surface area contributed by atoms with Crippen molar-refractivity contribution >= 4 is 23.5 Å². The Labute approximate surface area is 173 Å². The van der Waals surface area contributed by atoms with Gasteiger partial charge in [-0.05, 0) is 37.0 Å². The second kappa shape index (κ2) is 8.44. The molecule has 8 nitrogen and oxygen atoms in total. The van der Waals surface area contributed by atoms with Gasteiger partial charge >= 0.3 is 5.97 Å². The Morgan fingerprint density at radius 3 is 2.17 bits per heavy atom. The zero-order chi connectivity index (χ0) is 22.0. The maximum absolute atomic E-state index is 13.0. The van der Waals surface area contributed by atoms with Crippen molar-refractivity contribution in [3.8, 4) is 0 Å². The summed E-state index contributed by atoms with van der Waals surface area (Å²) in [4.78, 5) is 50.1. The number of hydrogen-bond acceptors (Lipinski definition) is 6. The fraction of sp³-hybridized carbons (Fsp3) is 0.318. The largest absolute Gasteiger partial charge is 0.456 e. The van der Waals surface area contributed by atoms with Crippen molar-refractivity contribution in [1.29, 1.82) is 0 Å². The lowest BCUT2D eigenvalue weighted by molar-refractivity contribution is -0.385. The molecule has 1 heterocycles. The van der Waals surface area contributed by atoms with Crippen LogP contribution in [-0.4, -0.2) is 33.6 Å². The summed E-state index contributed by atoms with van der Waals surface area (Å²) < 4.78 is 5.53. The van der Waals surface area contributed by atoms with E-state index in [1.54, 1.807) is 37.3 Å². The van der Waals surface area contributed by atoms with Crippen molar-refractivity contribution in [1.82, 2.24) is 4.90 Å². The van der Waals surface area contributed by atoms with Crippen LogP contribution in [0.2, 0.25) is 0 Å². The molecule has 0 aromatic heterocycles. The van der Waals surface area contributed by atoms with Gasteiger partial charge in [0.15, 0.2) is 0 Å². The summed E-state index contributed by atoms with van der Waals surface area (Å²) in [5, 5.41) is 11.0. The first-order valence-corrected chi connectivity index (χ1v) is 9.62. The summed E-state index contributed by atoms with van der Waals surface area (Å²) in [6.07, 6.45) is -0.548. The molecular formula is C22H22N2O6. The average Bonchev–Trinajstić information content (AvgIpc) is 2.96. The van der Waals surface area contributed by atoms with Crippen LogP contribution in [0.4, 0.5) is 5.69 Å². The average molecular weight is 410 g/mol. The number of rotatable bonds is 7. The molecule has 2 atom stereocenters. The number of nitrogens with zero attached hydrogens (tertiary/aromatic N) is 2.